The zero-order valence-electron chi connectivity index (χ0n) is 19.7. The van der Waals surface area contributed by atoms with E-state index in [0.29, 0.717) is 49.9 Å². The molecule has 3 unspecified atom stereocenters. The Hall–Kier alpha value is -2.41. The second kappa shape index (κ2) is 8.08. The molecule has 2 aliphatic heterocycles. The first-order valence-corrected chi connectivity index (χ1v) is 12.8. The Labute approximate surface area is 200 Å². The minimum Gasteiger partial charge on any atom is -0.489 e. The zero-order chi connectivity index (χ0) is 23.5. The lowest BCUT2D eigenvalue weighted by Gasteiger charge is -2.66. The number of fused-ring (bicyclic) bond motifs is 1. The fourth-order valence-corrected chi connectivity index (χ4v) is 6.92. The van der Waals surface area contributed by atoms with Crippen LogP contribution in [-0.4, -0.2) is 47.1 Å². The highest BCUT2D eigenvalue weighted by molar-refractivity contribution is 6.01. The molecule has 0 spiro atoms. The number of piperidine rings is 1. The number of carbonyl (C=O) groups excluding carboxylic acids is 2. The number of hydrogen-bond acceptors (Lipinski definition) is 4. The van der Waals surface area contributed by atoms with Crippen LogP contribution in [0, 0.1) is 5.41 Å². The van der Waals surface area contributed by atoms with E-state index in [2.05, 4.69) is 17.2 Å². The van der Waals surface area contributed by atoms with Crippen LogP contribution in [0.25, 0.3) is 0 Å². The van der Waals surface area contributed by atoms with Crippen molar-refractivity contribution < 1.29 is 18.7 Å². The normalized spacial score (nSPS) is 36.8. The van der Waals surface area contributed by atoms with Gasteiger partial charge in [-0.05, 0) is 80.5 Å². The predicted octanol–water partition coefficient (Wildman–Crippen LogP) is 4.00. The summed E-state index contributed by atoms with van der Waals surface area (Å²) in [6, 6.07) is 5.51. The van der Waals surface area contributed by atoms with Crippen molar-refractivity contribution in [2.24, 2.45) is 5.41 Å². The van der Waals surface area contributed by atoms with Gasteiger partial charge in [0.15, 0.2) is 0 Å². The maximum absolute atomic E-state index is 13.9. The number of alkyl halides is 1. The number of amides is 2. The van der Waals surface area contributed by atoms with Gasteiger partial charge in [0.25, 0.3) is 5.91 Å². The predicted molar refractivity (Wildman–Crippen MR) is 126 cm³/mol. The summed E-state index contributed by atoms with van der Waals surface area (Å²) >= 11 is 0. The lowest BCUT2D eigenvalue weighted by Crippen LogP contribution is -2.68. The van der Waals surface area contributed by atoms with Crippen molar-refractivity contribution in [2.75, 3.05) is 6.54 Å². The van der Waals surface area contributed by atoms with Crippen LogP contribution in [0.4, 0.5) is 4.39 Å². The summed E-state index contributed by atoms with van der Waals surface area (Å²) in [5.74, 6) is 0.540. The number of hydrogen-bond donors (Lipinski definition) is 2. The van der Waals surface area contributed by atoms with E-state index in [1.165, 1.54) is 12.8 Å². The second-order valence-electron chi connectivity index (χ2n) is 11.4. The standard InChI is InChI=1S/C27H34FN3O3/c1-17-7-10-22(24(32)30-17)31-12-18-11-19(8-9-20(18)25(31)33)34-23-6-4-2-3-5-21(23)29-16-26-13-27(28,14-26)15-26/h8-9,11,21-23,29H,1-7,10,12-16H2,(H,30,32). The minimum absolute atomic E-state index is 0.0654. The summed E-state index contributed by atoms with van der Waals surface area (Å²) in [5.41, 5.74) is 1.61. The van der Waals surface area contributed by atoms with Gasteiger partial charge in [0.05, 0.1) is 0 Å². The summed E-state index contributed by atoms with van der Waals surface area (Å²) in [6.45, 7) is 5.14. The van der Waals surface area contributed by atoms with Crippen molar-refractivity contribution in [3.63, 3.8) is 0 Å². The third kappa shape index (κ3) is 3.82. The Balaban J connectivity index is 1.12. The molecule has 2 heterocycles. The maximum Gasteiger partial charge on any atom is 0.255 e. The summed E-state index contributed by atoms with van der Waals surface area (Å²) in [6.07, 6.45) is 9.10. The van der Waals surface area contributed by atoms with E-state index in [9.17, 15) is 14.0 Å². The van der Waals surface area contributed by atoms with Crippen molar-refractivity contribution >= 4 is 11.8 Å². The first-order chi connectivity index (χ1) is 16.3. The molecule has 4 aliphatic carbocycles. The average Bonchev–Trinajstić information content (AvgIpc) is 2.92. The Morgan fingerprint density at radius 1 is 1.15 bits per heavy atom. The van der Waals surface area contributed by atoms with Crippen molar-refractivity contribution in [3.05, 3.63) is 41.6 Å². The van der Waals surface area contributed by atoms with Crippen LogP contribution >= 0.6 is 0 Å². The molecule has 1 aromatic rings. The number of nitrogens with zero attached hydrogens (tertiary/aromatic N) is 1. The highest BCUT2D eigenvalue weighted by Gasteiger charge is 2.68. The molecule has 5 fully saturated rings. The SMILES string of the molecule is C=C1CCC(N2Cc3cc(OC4CCCCCC4NCC45CC(F)(C4)C5)ccc3C2=O)C(=O)N1. The first kappa shape index (κ1) is 22.1. The van der Waals surface area contributed by atoms with Gasteiger partial charge < -0.3 is 20.3 Å². The molecule has 1 aromatic carbocycles. The maximum atomic E-state index is 13.9. The van der Waals surface area contributed by atoms with Crippen molar-refractivity contribution in [1.29, 1.82) is 0 Å². The Morgan fingerprint density at radius 3 is 2.71 bits per heavy atom. The van der Waals surface area contributed by atoms with Crippen molar-refractivity contribution in [2.45, 2.75) is 94.6 Å². The van der Waals surface area contributed by atoms with E-state index in [1.807, 2.05) is 18.2 Å². The van der Waals surface area contributed by atoms with Crippen LogP contribution in [-0.2, 0) is 11.3 Å². The monoisotopic (exact) mass is 467 g/mol. The third-order valence-electron chi connectivity index (χ3n) is 8.66. The molecule has 182 valence electrons. The molecule has 2 amide bonds. The van der Waals surface area contributed by atoms with E-state index in [0.717, 1.165) is 37.1 Å². The molecular weight excluding hydrogens is 433 g/mol. The van der Waals surface area contributed by atoms with Gasteiger partial charge in [0, 0.05) is 30.4 Å². The highest BCUT2D eigenvalue weighted by atomic mass is 19.1. The van der Waals surface area contributed by atoms with E-state index >= 15 is 0 Å². The molecule has 2 N–H and O–H groups in total. The topological polar surface area (TPSA) is 70.7 Å². The molecule has 6 nitrogen and oxygen atoms in total. The number of rotatable bonds is 6. The van der Waals surface area contributed by atoms with Crippen LogP contribution in [0.3, 0.4) is 0 Å². The second-order valence-corrected chi connectivity index (χ2v) is 11.4. The smallest absolute Gasteiger partial charge is 0.255 e. The first-order valence-electron chi connectivity index (χ1n) is 12.8. The van der Waals surface area contributed by atoms with E-state index in [1.54, 1.807) is 4.90 Å². The van der Waals surface area contributed by atoms with Crippen molar-refractivity contribution in [1.82, 2.24) is 15.5 Å². The van der Waals surface area contributed by atoms with Crippen molar-refractivity contribution in [3.8, 4) is 5.75 Å². The number of halogens is 1. The zero-order valence-corrected chi connectivity index (χ0v) is 19.7. The van der Waals surface area contributed by atoms with Crippen LogP contribution in [0.15, 0.2) is 30.5 Å². The minimum atomic E-state index is -0.858. The van der Waals surface area contributed by atoms with E-state index in [4.69, 9.17) is 4.74 Å². The summed E-state index contributed by atoms with van der Waals surface area (Å²) in [5, 5.41) is 6.53. The van der Waals surface area contributed by atoms with Gasteiger partial charge in [-0.2, -0.15) is 0 Å². The Morgan fingerprint density at radius 2 is 1.94 bits per heavy atom. The molecule has 1 saturated heterocycles. The molecule has 7 rings (SSSR count). The Bertz CT molecular complexity index is 1020. The van der Waals surface area contributed by atoms with Gasteiger partial charge in [-0.15, -0.1) is 0 Å². The summed E-state index contributed by atoms with van der Waals surface area (Å²) < 4.78 is 20.4. The average molecular weight is 468 g/mol. The van der Waals surface area contributed by atoms with Gasteiger partial charge in [-0.25, -0.2) is 4.39 Å². The van der Waals surface area contributed by atoms with Gasteiger partial charge in [0.2, 0.25) is 5.91 Å². The fourth-order valence-electron chi connectivity index (χ4n) is 6.92. The number of allylic oxidation sites excluding steroid dienone is 1. The number of carbonyl (C=O) groups is 2. The molecular formula is C27H34FN3O3. The van der Waals surface area contributed by atoms with E-state index < -0.39 is 11.7 Å². The molecule has 7 heteroatoms. The summed E-state index contributed by atoms with van der Waals surface area (Å²) in [4.78, 5) is 27.1. The lowest BCUT2D eigenvalue weighted by atomic mass is 9.42. The van der Waals surface area contributed by atoms with Gasteiger partial charge >= 0.3 is 0 Å². The molecule has 4 saturated carbocycles. The molecule has 0 radical (unpaired) electrons. The molecule has 6 aliphatic rings. The lowest BCUT2D eigenvalue weighted by molar-refractivity contribution is -0.211. The van der Waals surface area contributed by atoms with Crippen LogP contribution in [0.1, 0.15) is 80.1 Å². The highest BCUT2D eigenvalue weighted by Crippen LogP contribution is 2.69. The van der Waals surface area contributed by atoms with Crippen LogP contribution < -0.4 is 15.4 Å². The third-order valence-corrected chi connectivity index (χ3v) is 8.66. The largest absolute Gasteiger partial charge is 0.489 e. The molecule has 0 aromatic heterocycles. The quantitative estimate of drug-likeness (QED) is 0.621. The van der Waals surface area contributed by atoms with Gasteiger partial charge in [-0.3, -0.25) is 9.59 Å². The van der Waals surface area contributed by atoms with Crippen LogP contribution in [0.5, 0.6) is 5.75 Å². The van der Waals surface area contributed by atoms with E-state index in [-0.39, 0.29) is 29.4 Å². The number of benzene rings is 1. The van der Waals surface area contributed by atoms with Crippen LogP contribution in [0.2, 0.25) is 0 Å². The molecule has 2 bridgehead atoms. The molecule has 34 heavy (non-hydrogen) atoms. The number of ether oxygens (including phenoxy) is 1. The van der Waals surface area contributed by atoms with Gasteiger partial charge in [-0.1, -0.05) is 19.4 Å². The number of nitrogens with one attached hydrogen (secondary N) is 2. The van der Waals surface area contributed by atoms with Gasteiger partial charge in [0.1, 0.15) is 23.6 Å². The fraction of sp³-hybridized carbons (Fsp3) is 0.630. The Kier molecular flexibility index (Phi) is 5.24. The summed E-state index contributed by atoms with van der Waals surface area (Å²) in [7, 11) is 0. The molecule has 3 atom stereocenters.